The Bertz CT molecular complexity index is 480. The highest BCUT2D eigenvalue weighted by Gasteiger charge is 2.37. The van der Waals surface area contributed by atoms with E-state index in [9.17, 15) is 9.59 Å². The number of cyclic esters (lactones) is 2. The molecule has 2 heterocycles. The largest absolute Gasteiger partial charge is 0.389 e. The number of hydrogen-bond donors (Lipinski definition) is 0. The molecule has 0 radical (unpaired) electrons. The van der Waals surface area contributed by atoms with Crippen molar-refractivity contribution < 1.29 is 14.3 Å². The molecule has 1 saturated carbocycles. The molecule has 4 heteroatoms. The van der Waals surface area contributed by atoms with E-state index in [1.165, 1.54) is 0 Å². The molecule has 1 aromatic heterocycles. The topological polar surface area (TPSA) is 43.4 Å². The Morgan fingerprint density at radius 3 is 2.69 bits per heavy atom. The van der Waals surface area contributed by atoms with Crippen LogP contribution in [0.1, 0.15) is 24.8 Å². The van der Waals surface area contributed by atoms with Gasteiger partial charge in [0.15, 0.2) is 0 Å². The van der Waals surface area contributed by atoms with E-state index in [-0.39, 0.29) is 6.42 Å². The van der Waals surface area contributed by atoms with Crippen LogP contribution in [0.25, 0.3) is 5.57 Å². The summed E-state index contributed by atoms with van der Waals surface area (Å²) in [6, 6.07) is 2.00. The molecule has 82 valence electrons. The first-order valence-electron chi connectivity index (χ1n) is 5.26. The van der Waals surface area contributed by atoms with Crippen LogP contribution in [0.15, 0.2) is 22.4 Å². The van der Waals surface area contributed by atoms with Gasteiger partial charge in [-0.15, -0.1) is 0 Å². The van der Waals surface area contributed by atoms with Gasteiger partial charge in [0.25, 0.3) is 0 Å². The summed E-state index contributed by atoms with van der Waals surface area (Å²) in [6.45, 7) is 0. The molecule has 16 heavy (non-hydrogen) atoms. The summed E-state index contributed by atoms with van der Waals surface area (Å²) in [7, 11) is 0. The van der Waals surface area contributed by atoms with E-state index in [1.54, 1.807) is 11.3 Å². The summed E-state index contributed by atoms with van der Waals surface area (Å²) in [5.41, 5.74) is 2.69. The molecular weight excluding hydrogens is 224 g/mol. The zero-order valence-electron chi connectivity index (χ0n) is 8.56. The minimum Gasteiger partial charge on any atom is -0.389 e. The molecule has 3 rings (SSSR count). The van der Waals surface area contributed by atoms with E-state index in [2.05, 4.69) is 4.74 Å². The van der Waals surface area contributed by atoms with Crippen molar-refractivity contribution in [3.63, 3.8) is 0 Å². The van der Waals surface area contributed by atoms with Crippen LogP contribution >= 0.6 is 11.3 Å². The van der Waals surface area contributed by atoms with Crippen LogP contribution in [0.2, 0.25) is 0 Å². The minimum absolute atomic E-state index is 0.139. The number of rotatable bonds is 2. The Morgan fingerprint density at radius 2 is 2.19 bits per heavy atom. The van der Waals surface area contributed by atoms with Crippen LogP contribution in [0.3, 0.4) is 0 Å². The SMILES string of the molecule is O=C1CC(=C(c2ccsc2)C2CC2)C(=O)O1. The second kappa shape index (κ2) is 3.56. The van der Waals surface area contributed by atoms with Gasteiger partial charge in [-0.05, 0) is 46.7 Å². The van der Waals surface area contributed by atoms with Crippen molar-refractivity contribution in [3.8, 4) is 0 Å². The number of ether oxygens (including phenoxy) is 1. The number of carbonyl (C=O) groups is 2. The van der Waals surface area contributed by atoms with Crippen molar-refractivity contribution in [1.29, 1.82) is 0 Å². The Hall–Kier alpha value is -1.42. The van der Waals surface area contributed by atoms with Gasteiger partial charge in [-0.2, -0.15) is 11.3 Å². The third kappa shape index (κ3) is 1.59. The smallest absolute Gasteiger partial charge is 0.342 e. The lowest BCUT2D eigenvalue weighted by Crippen LogP contribution is -2.00. The third-order valence-corrected chi connectivity index (χ3v) is 3.60. The summed E-state index contributed by atoms with van der Waals surface area (Å²) < 4.78 is 4.60. The number of esters is 2. The average molecular weight is 234 g/mol. The molecule has 0 spiro atoms. The van der Waals surface area contributed by atoms with Gasteiger partial charge in [0.05, 0.1) is 12.0 Å². The van der Waals surface area contributed by atoms with Crippen LogP contribution in [0, 0.1) is 5.92 Å². The Labute approximate surface area is 96.7 Å². The lowest BCUT2D eigenvalue weighted by atomic mass is 9.97. The molecule has 0 amide bonds. The van der Waals surface area contributed by atoms with Gasteiger partial charge in [0.1, 0.15) is 0 Å². The first-order valence-corrected chi connectivity index (χ1v) is 6.20. The van der Waals surface area contributed by atoms with Crippen LogP contribution < -0.4 is 0 Å². The van der Waals surface area contributed by atoms with E-state index in [0.717, 1.165) is 24.0 Å². The van der Waals surface area contributed by atoms with E-state index < -0.39 is 11.9 Å². The molecule has 3 nitrogen and oxygen atoms in total. The van der Waals surface area contributed by atoms with E-state index in [0.29, 0.717) is 11.5 Å². The fourth-order valence-corrected chi connectivity index (χ4v) is 2.72. The number of hydrogen-bond acceptors (Lipinski definition) is 4. The molecule has 1 aliphatic heterocycles. The molecule has 1 aromatic rings. The Kier molecular flexibility index (Phi) is 2.17. The number of carbonyl (C=O) groups excluding carboxylic acids is 2. The zero-order valence-corrected chi connectivity index (χ0v) is 9.38. The van der Waals surface area contributed by atoms with Crippen molar-refractivity contribution in [2.75, 3.05) is 0 Å². The molecule has 2 aliphatic rings. The van der Waals surface area contributed by atoms with Crippen molar-refractivity contribution in [1.82, 2.24) is 0 Å². The highest BCUT2D eigenvalue weighted by atomic mass is 32.1. The maximum atomic E-state index is 11.6. The third-order valence-electron chi connectivity index (χ3n) is 2.92. The highest BCUT2D eigenvalue weighted by Crippen LogP contribution is 2.45. The Morgan fingerprint density at radius 1 is 1.38 bits per heavy atom. The lowest BCUT2D eigenvalue weighted by molar-refractivity contribution is -0.151. The second-order valence-electron chi connectivity index (χ2n) is 4.12. The van der Waals surface area contributed by atoms with Crippen LogP contribution in [-0.2, 0) is 14.3 Å². The predicted molar refractivity (Wildman–Crippen MR) is 59.7 cm³/mol. The fourth-order valence-electron chi connectivity index (χ4n) is 2.07. The van der Waals surface area contributed by atoms with E-state index in [1.807, 2.05) is 16.8 Å². The van der Waals surface area contributed by atoms with Crippen molar-refractivity contribution in [3.05, 3.63) is 28.0 Å². The van der Waals surface area contributed by atoms with Gasteiger partial charge in [-0.3, -0.25) is 4.79 Å². The molecule has 1 saturated heterocycles. The normalized spacial score (nSPS) is 23.5. The second-order valence-corrected chi connectivity index (χ2v) is 4.90. The zero-order chi connectivity index (χ0) is 11.1. The first kappa shape index (κ1) is 9.78. The van der Waals surface area contributed by atoms with Crippen molar-refractivity contribution in [2.24, 2.45) is 5.92 Å². The number of thiophene rings is 1. The molecule has 2 fully saturated rings. The summed E-state index contributed by atoms with van der Waals surface area (Å²) in [6.07, 6.45) is 2.35. The Balaban J connectivity index is 2.09. The highest BCUT2D eigenvalue weighted by molar-refractivity contribution is 7.08. The van der Waals surface area contributed by atoms with E-state index in [4.69, 9.17) is 0 Å². The van der Waals surface area contributed by atoms with Gasteiger partial charge >= 0.3 is 11.9 Å². The lowest BCUT2D eigenvalue weighted by Gasteiger charge is -2.05. The van der Waals surface area contributed by atoms with Crippen LogP contribution in [-0.4, -0.2) is 11.9 Å². The van der Waals surface area contributed by atoms with Gasteiger partial charge in [-0.25, -0.2) is 4.79 Å². The monoisotopic (exact) mass is 234 g/mol. The first-order chi connectivity index (χ1) is 7.75. The molecule has 0 N–H and O–H groups in total. The molecule has 0 unspecified atom stereocenters. The van der Waals surface area contributed by atoms with Gasteiger partial charge in [-0.1, -0.05) is 0 Å². The summed E-state index contributed by atoms with van der Waals surface area (Å²) in [5, 5.41) is 4.01. The minimum atomic E-state index is -0.446. The van der Waals surface area contributed by atoms with Gasteiger partial charge < -0.3 is 4.74 Å². The maximum absolute atomic E-state index is 11.6. The fraction of sp³-hybridized carbons (Fsp3) is 0.333. The summed E-state index contributed by atoms with van der Waals surface area (Å²) >= 11 is 1.60. The summed E-state index contributed by atoms with van der Waals surface area (Å²) in [5.74, 6) is -0.422. The molecular formula is C12H10O3S. The number of allylic oxidation sites excluding steroid dienone is 1. The maximum Gasteiger partial charge on any atom is 0.342 e. The van der Waals surface area contributed by atoms with E-state index >= 15 is 0 Å². The summed E-state index contributed by atoms with van der Waals surface area (Å²) in [4.78, 5) is 22.7. The predicted octanol–water partition coefficient (Wildman–Crippen LogP) is 2.39. The molecule has 1 aliphatic carbocycles. The van der Waals surface area contributed by atoms with Crippen LogP contribution in [0.5, 0.6) is 0 Å². The quantitative estimate of drug-likeness (QED) is 0.448. The molecule has 0 aromatic carbocycles. The van der Waals surface area contributed by atoms with Gasteiger partial charge in [0.2, 0.25) is 0 Å². The molecule has 0 atom stereocenters. The van der Waals surface area contributed by atoms with Crippen LogP contribution in [0.4, 0.5) is 0 Å². The van der Waals surface area contributed by atoms with Gasteiger partial charge in [0, 0.05) is 0 Å². The van der Waals surface area contributed by atoms with Crippen molar-refractivity contribution in [2.45, 2.75) is 19.3 Å². The van der Waals surface area contributed by atoms with Crippen molar-refractivity contribution >= 4 is 28.8 Å². The standard InChI is InChI=1S/C12H10O3S/c13-10-5-9(12(14)15-10)11(7-1-2-7)8-3-4-16-6-8/h3-4,6-7H,1-2,5H2. The molecule has 0 bridgehead atoms. The average Bonchev–Trinajstić information content (AvgIpc) is 2.81.